The zero-order valence-electron chi connectivity index (χ0n) is 36.2. The van der Waals surface area contributed by atoms with Crippen LogP contribution in [0.3, 0.4) is 0 Å². The predicted octanol–water partition coefficient (Wildman–Crippen LogP) is 9.14. The molecule has 14 nitrogen and oxygen atoms in total. The van der Waals surface area contributed by atoms with Crippen molar-refractivity contribution in [3.05, 3.63) is 126 Å². The molecule has 0 bridgehead atoms. The van der Waals surface area contributed by atoms with E-state index >= 15 is 0 Å². The van der Waals surface area contributed by atoms with Crippen molar-refractivity contribution in [3.63, 3.8) is 0 Å². The summed E-state index contributed by atoms with van der Waals surface area (Å²) in [4.78, 5) is 13.9. The van der Waals surface area contributed by atoms with E-state index in [0.29, 0.717) is 86.7 Å². The van der Waals surface area contributed by atoms with E-state index in [-0.39, 0.29) is 19.8 Å². The summed E-state index contributed by atoms with van der Waals surface area (Å²) in [6.07, 6.45) is 1.28. The second-order valence-electron chi connectivity index (χ2n) is 14.9. The molecule has 8 rings (SSSR count). The Morgan fingerprint density at radius 1 is 0.530 bits per heavy atom. The maximum atomic E-state index is 13.0. The molecule has 0 amide bonds. The number of aromatic nitrogens is 2. The molecule has 6 aromatic rings. The SMILES string of the molecule is COc1ccc(Cc2csc(N3CCN(S(=O)(=O)c4ccc(Cl)cc4Cl)CC3)n2)cc1OC.COc1ccc(OC)c(Cc2csc(N3CCN(S(=O)(=O)c4ccc(Cl)cc4Cl)CC3)n2)c1. The number of anilines is 2. The van der Waals surface area contributed by atoms with Crippen molar-refractivity contribution < 1.29 is 35.8 Å². The van der Waals surface area contributed by atoms with Crippen molar-refractivity contribution in [2.75, 3.05) is 90.6 Å². The Kier molecular flexibility index (Phi) is 16.5. The Morgan fingerprint density at radius 2 is 1.00 bits per heavy atom. The second-order valence-corrected chi connectivity index (χ2v) is 22.1. The molecule has 2 aliphatic rings. The van der Waals surface area contributed by atoms with Crippen LogP contribution in [0.1, 0.15) is 22.5 Å². The molecule has 352 valence electrons. The van der Waals surface area contributed by atoms with Gasteiger partial charge in [0.1, 0.15) is 21.3 Å². The molecule has 66 heavy (non-hydrogen) atoms. The summed E-state index contributed by atoms with van der Waals surface area (Å²) in [5, 5.41) is 6.85. The summed E-state index contributed by atoms with van der Waals surface area (Å²) in [6, 6.07) is 20.4. The number of piperazine rings is 2. The first-order chi connectivity index (χ1) is 31.6. The highest BCUT2D eigenvalue weighted by Gasteiger charge is 2.32. The molecule has 0 atom stereocenters. The number of ether oxygens (including phenoxy) is 4. The van der Waals surface area contributed by atoms with Gasteiger partial charge in [0.2, 0.25) is 20.0 Å². The molecule has 0 saturated carbocycles. The fourth-order valence-corrected chi connectivity index (χ4v) is 13.4. The predicted molar refractivity (Wildman–Crippen MR) is 264 cm³/mol. The van der Waals surface area contributed by atoms with Gasteiger partial charge in [-0.2, -0.15) is 8.61 Å². The van der Waals surface area contributed by atoms with E-state index < -0.39 is 20.0 Å². The number of thiazole rings is 2. The third-order valence-electron chi connectivity index (χ3n) is 10.8. The van der Waals surface area contributed by atoms with Gasteiger partial charge in [-0.3, -0.25) is 0 Å². The largest absolute Gasteiger partial charge is 0.497 e. The summed E-state index contributed by atoms with van der Waals surface area (Å²) in [5.41, 5.74) is 3.93. The normalized spacial score (nSPS) is 15.0. The van der Waals surface area contributed by atoms with Crippen LogP contribution in [0, 0.1) is 0 Å². The molecule has 4 aromatic carbocycles. The third-order valence-corrected chi connectivity index (χ3v) is 17.9. The highest BCUT2D eigenvalue weighted by atomic mass is 35.5. The van der Waals surface area contributed by atoms with Gasteiger partial charge in [-0.25, -0.2) is 26.8 Å². The molecule has 4 heterocycles. The first kappa shape index (κ1) is 49.8. The van der Waals surface area contributed by atoms with Crippen LogP contribution >= 0.6 is 69.1 Å². The first-order valence-electron chi connectivity index (χ1n) is 20.3. The van der Waals surface area contributed by atoms with Gasteiger partial charge in [0.15, 0.2) is 21.8 Å². The minimum atomic E-state index is -3.69. The van der Waals surface area contributed by atoms with Gasteiger partial charge in [0, 0.05) is 91.6 Å². The summed E-state index contributed by atoms with van der Waals surface area (Å²) in [6.45, 7) is 3.58. The van der Waals surface area contributed by atoms with Crippen LogP contribution in [0.2, 0.25) is 20.1 Å². The fourth-order valence-electron chi connectivity index (χ4n) is 7.35. The van der Waals surface area contributed by atoms with Gasteiger partial charge in [0.25, 0.3) is 0 Å². The number of methoxy groups -OCH3 is 4. The smallest absolute Gasteiger partial charge is 0.244 e. The van der Waals surface area contributed by atoms with E-state index in [4.69, 9.17) is 75.3 Å². The Bertz CT molecular complexity index is 2870. The molecule has 2 saturated heterocycles. The molecule has 2 fully saturated rings. The van der Waals surface area contributed by atoms with E-state index in [1.807, 2.05) is 47.2 Å². The molecule has 0 aliphatic carbocycles. The molecule has 22 heteroatoms. The summed E-state index contributed by atoms with van der Waals surface area (Å²) < 4.78 is 76.5. The topological polar surface area (TPSA) is 144 Å². The lowest BCUT2D eigenvalue weighted by atomic mass is 10.1. The van der Waals surface area contributed by atoms with Crippen molar-refractivity contribution >= 4 is 99.4 Å². The molecule has 0 spiro atoms. The van der Waals surface area contributed by atoms with Gasteiger partial charge in [-0.15, -0.1) is 22.7 Å². The zero-order valence-corrected chi connectivity index (χ0v) is 42.5. The average Bonchev–Trinajstić information content (AvgIpc) is 3.99. The van der Waals surface area contributed by atoms with E-state index in [1.165, 1.54) is 45.0 Å². The van der Waals surface area contributed by atoms with Crippen LogP contribution in [0.25, 0.3) is 0 Å². The highest BCUT2D eigenvalue weighted by Crippen LogP contribution is 2.34. The summed E-state index contributed by atoms with van der Waals surface area (Å²) in [7, 11) is -0.879. The van der Waals surface area contributed by atoms with Crippen molar-refractivity contribution in [2.24, 2.45) is 0 Å². The van der Waals surface area contributed by atoms with Crippen LogP contribution in [0.4, 0.5) is 10.3 Å². The minimum absolute atomic E-state index is 0.0748. The number of hydrogen-bond acceptors (Lipinski definition) is 14. The van der Waals surface area contributed by atoms with E-state index in [1.54, 1.807) is 51.1 Å². The van der Waals surface area contributed by atoms with Crippen LogP contribution in [0.15, 0.2) is 93.3 Å². The van der Waals surface area contributed by atoms with Crippen LogP contribution in [-0.2, 0) is 32.9 Å². The lowest BCUT2D eigenvalue weighted by Crippen LogP contribution is -2.48. The molecule has 0 N–H and O–H groups in total. The quantitative estimate of drug-likeness (QED) is 0.103. The monoisotopic (exact) mass is 1050 g/mol. The molecule has 2 aliphatic heterocycles. The van der Waals surface area contributed by atoms with Crippen LogP contribution in [-0.4, -0.2) is 116 Å². The van der Waals surface area contributed by atoms with Gasteiger partial charge in [0.05, 0.1) is 49.9 Å². The molecule has 2 aromatic heterocycles. The Balaban J connectivity index is 0.000000196. The lowest BCUT2D eigenvalue weighted by Gasteiger charge is -2.33. The standard InChI is InChI=1S/2C22H23Cl2N3O4S2/c1-30-18-4-5-20(31-2)15(12-18)11-17-14-32-22(25-17)26-7-9-27(10-8-26)33(28,29)21-6-3-16(23)13-19(21)24;1-30-19-5-3-15(12-20(19)31-2)11-17-14-32-22(25-17)26-7-9-27(10-8-26)33(28,29)21-6-4-16(23)13-18(21)24/h2*3-6,12-14H,7-11H2,1-2H3. The number of benzene rings is 4. The Labute approximate surface area is 413 Å². The maximum absolute atomic E-state index is 13.0. The molecule has 0 unspecified atom stereocenters. The Hall–Kier alpha value is -4.08. The van der Waals surface area contributed by atoms with E-state index in [0.717, 1.165) is 44.3 Å². The van der Waals surface area contributed by atoms with Crippen molar-refractivity contribution in [2.45, 2.75) is 22.6 Å². The fraction of sp³-hybridized carbons (Fsp3) is 0.318. The average molecular weight is 1060 g/mol. The highest BCUT2D eigenvalue weighted by molar-refractivity contribution is 7.89. The van der Waals surface area contributed by atoms with Crippen LogP contribution < -0.4 is 28.7 Å². The lowest BCUT2D eigenvalue weighted by molar-refractivity contribution is 0.354. The third kappa shape index (κ3) is 11.6. The van der Waals surface area contributed by atoms with E-state index in [2.05, 4.69) is 9.80 Å². The van der Waals surface area contributed by atoms with Crippen LogP contribution in [0.5, 0.6) is 23.0 Å². The number of hydrogen-bond donors (Lipinski definition) is 0. The number of halogens is 4. The molecular formula is C44H46Cl4N6O8S4. The molecular weight excluding hydrogens is 1010 g/mol. The minimum Gasteiger partial charge on any atom is -0.497 e. The van der Waals surface area contributed by atoms with E-state index in [9.17, 15) is 16.8 Å². The van der Waals surface area contributed by atoms with Crippen molar-refractivity contribution in [1.82, 2.24) is 18.6 Å². The molecule has 0 radical (unpaired) electrons. The summed E-state index contributed by atoms with van der Waals surface area (Å²) >= 11 is 27.2. The van der Waals surface area contributed by atoms with Gasteiger partial charge in [-0.1, -0.05) is 52.5 Å². The van der Waals surface area contributed by atoms with Crippen molar-refractivity contribution in [3.8, 4) is 23.0 Å². The number of nitrogens with zero attached hydrogens (tertiary/aromatic N) is 6. The van der Waals surface area contributed by atoms with Gasteiger partial charge < -0.3 is 28.7 Å². The van der Waals surface area contributed by atoms with Gasteiger partial charge >= 0.3 is 0 Å². The van der Waals surface area contributed by atoms with Crippen molar-refractivity contribution in [1.29, 1.82) is 0 Å². The summed E-state index contributed by atoms with van der Waals surface area (Å²) in [5.74, 6) is 2.92. The number of sulfonamides is 2. The number of rotatable bonds is 14. The van der Waals surface area contributed by atoms with Gasteiger partial charge in [-0.05, 0) is 72.3 Å². The second kappa shape index (κ2) is 21.9. The first-order valence-corrected chi connectivity index (χ1v) is 26.5. The Morgan fingerprint density at radius 3 is 1.45 bits per heavy atom. The zero-order chi connectivity index (χ0) is 47.2. The maximum Gasteiger partial charge on any atom is 0.244 e.